The number of nitrogens with one attached hydrogen (secondary N) is 1. The van der Waals surface area contributed by atoms with Crippen molar-refractivity contribution in [1.29, 1.82) is 0 Å². The van der Waals surface area contributed by atoms with Crippen LogP contribution >= 0.6 is 15.9 Å². The Balaban J connectivity index is 2.29. The second-order valence-corrected chi connectivity index (χ2v) is 5.21. The highest BCUT2D eigenvalue weighted by atomic mass is 79.9. The van der Waals surface area contributed by atoms with E-state index >= 15 is 0 Å². The summed E-state index contributed by atoms with van der Waals surface area (Å²) in [6.07, 6.45) is 0.683. The first-order valence-corrected chi connectivity index (χ1v) is 7.01. The Morgan fingerprint density at radius 2 is 2.10 bits per heavy atom. The number of aliphatic hydroxyl groups is 1. The van der Waals surface area contributed by atoms with Crippen LogP contribution in [0.25, 0.3) is 11.3 Å². The molecule has 1 amide bonds. The van der Waals surface area contributed by atoms with Gasteiger partial charge >= 0.3 is 0 Å². The van der Waals surface area contributed by atoms with E-state index in [2.05, 4.69) is 31.2 Å². The smallest absolute Gasteiger partial charge is 0.271 e. The molecule has 0 fully saturated rings. The van der Waals surface area contributed by atoms with E-state index in [0.29, 0.717) is 15.9 Å². The first kappa shape index (κ1) is 15.5. The molecule has 110 valence electrons. The van der Waals surface area contributed by atoms with E-state index in [1.807, 2.05) is 0 Å². The SMILES string of the molecule is CC(O)CNC(=O)c1cnc(Br)c(-c2ccc(F)cc2)n1. The van der Waals surface area contributed by atoms with Gasteiger partial charge in [0.25, 0.3) is 5.91 Å². The van der Waals surface area contributed by atoms with E-state index in [-0.39, 0.29) is 18.1 Å². The molecule has 2 aromatic rings. The van der Waals surface area contributed by atoms with E-state index in [4.69, 9.17) is 5.11 Å². The maximum absolute atomic E-state index is 13.0. The Kier molecular flexibility index (Phi) is 4.98. The molecule has 0 bridgehead atoms. The van der Waals surface area contributed by atoms with Gasteiger partial charge < -0.3 is 10.4 Å². The number of aliphatic hydroxyl groups excluding tert-OH is 1. The fourth-order valence-electron chi connectivity index (χ4n) is 1.61. The summed E-state index contributed by atoms with van der Waals surface area (Å²) in [4.78, 5) is 20.2. The molecule has 1 aromatic carbocycles. The maximum Gasteiger partial charge on any atom is 0.271 e. The van der Waals surface area contributed by atoms with Gasteiger partial charge in [-0.15, -0.1) is 0 Å². The van der Waals surface area contributed by atoms with Gasteiger partial charge in [-0.1, -0.05) is 0 Å². The molecule has 7 heteroatoms. The van der Waals surface area contributed by atoms with Crippen LogP contribution in [0.3, 0.4) is 0 Å². The van der Waals surface area contributed by atoms with Crippen LogP contribution < -0.4 is 5.32 Å². The van der Waals surface area contributed by atoms with Crippen LogP contribution in [-0.2, 0) is 0 Å². The number of carbonyl (C=O) groups excluding carboxylic acids is 1. The van der Waals surface area contributed by atoms with Crippen LogP contribution in [-0.4, -0.2) is 33.6 Å². The van der Waals surface area contributed by atoms with Crippen LogP contribution in [0.5, 0.6) is 0 Å². The zero-order chi connectivity index (χ0) is 15.4. The van der Waals surface area contributed by atoms with E-state index < -0.39 is 12.0 Å². The number of hydrogen-bond acceptors (Lipinski definition) is 4. The molecule has 1 aromatic heterocycles. The molecule has 1 unspecified atom stereocenters. The molecule has 2 N–H and O–H groups in total. The fourth-order valence-corrected chi connectivity index (χ4v) is 2.03. The molecule has 0 spiro atoms. The van der Waals surface area contributed by atoms with Crippen molar-refractivity contribution < 1.29 is 14.3 Å². The molecule has 21 heavy (non-hydrogen) atoms. The Morgan fingerprint density at radius 1 is 1.43 bits per heavy atom. The van der Waals surface area contributed by atoms with Gasteiger partial charge in [0.1, 0.15) is 21.8 Å². The zero-order valence-corrected chi connectivity index (χ0v) is 12.8. The summed E-state index contributed by atoms with van der Waals surface area (Å²) in [5, 5.41) is 11.7. The number of nitrogens with zero attached hydrogens (tertiary/aromatic N) is 2. The number of rotatable bonds is 4. The zero-order valence-electron chi connectivity index (χ0n) is 11.2. The molecule has 2 rings (SSSR count). The Morgan fingerprint density at radius 3 is 2.71 bits per heavy atom. The van der Waals surface area contributed by atoms with Gasteiger partial charge in [0.15, 0.2) is 0 Å². The quantitative estimate of drug-likeness (QED) is 0.882. The van der Waals surface area contributed by atoms with Crippen LogP contribution in [0.2, 0.25) is 0 Å². The second kappa shape index (κ2) is 6.73. The maximum atomic E-state index is 13.0. The first-order valence-electron chi connectivity index (χ1n) is 6.22. The lowest BCUT2D eigenvalue weighted by Crippen LogP contribution is -2.31. The van der Waals surface area contributed by atoms with Crippen molar-refractivity contribution in [2.75, 3.05) is 6.54 Å². The Labute approximate surface area is 129 Å². The third-order valence-corrected chi connectivity index (χ3v) is 3.22. The van der Waals surface area contributed by atoms with Crippen LogP contribution in [0.15, 0.2) is 35.1 Å². The summed E-state index contributed by atoms with van der Waals surface area (Å²) < 4.78 is 13.4. The second-order valence-electron chi connectivity index (χ2n) is 4.46. The van der Waals surface area contributed by atoms with E-state index in [1.165, 1.54) is 18.3 Å². The summed E-state index contributed by atoms with van der Waals surface area (Å²) in [6, 6.07) is 5.73. The first-order chi connectivity index (χ1) is 9.97. The third-order valence-electron chi connectivity index (χ3n) is 2.64. The van der Waals surface area contributed by atoms with Crippen molar-refractivity contribution in [3.05, 3.63) is 46.6 Å². The predicted octanol–water partition coefficient (Wildman–Crippen LogP) is 2.16. The number of halogens is 2. The molecular formula is C14H13BrFN3O2. The van der Waals surface area contributed by atoms with E-state index in [1.54, 1.807) is 19.1 Å². The molecule has 1 atom stereocenters. The molecule has 0 aliphatic rings. The topological polar surface area (TPSA) is 75.1 Å². The van der Waals surface area contributed by atoms with Gasteiger partial charge in [-0.05, 0) is 47.1 Å². The summed E-state index contributed by atoms with van der Waals surface area (Å²) >= 11 is 3.26. The van der Waals surface area contributed by atoms with Crippen LogP contribution in [0.1, 0.15) is 17.4 Å². The van der Waals surface area contributed by atoms with E-state index in [0.717, 1.165) is 0 Å². The van der Waals surface area contributed by atoms with E-state index in [9.17, 15) is 9.18 Å². The third kappa shape index (κ3) is 4.05. The summed E-state index contributed by atoms with van der Waals surface area (Å²) in [5.74, 6) is -0.784. The number of hydrogen-bond donors (Lipinski definition) is 2. The molecule has 0 aliphatic carbocycles. The number of aromatic nitrogens is 2. The van der Waals surface area contributed by atoms with Gasteiger partial charge in [-0.3, -0.25) is 4.79 Å². The Hall–Kier alpha value is -1.86. The largest absolute Gasteiger partial charge is 0.392 e. The van der Waals surface area contributed by atoms with Gasteiger partial charge in [-0.25, -0.2) is 14.4 Å². The van der Waals surface area contributed by atoms with Crippen molar-refractivity contribution in [2.24, 2.45) is 0 Å². The minimum Gasteiger partial charge on any atom is -0.392 e. The van der Waals surface area contributed by atoms with Crippen molar-refractivity contribution in [1.82, 2.24) is 15.3 Å². The van der Waals surface area contributed by atoms with Gasteiger partial charge in [-0.2, -0.15) is 0 Å². The number of benzene rings is 1. The minimum absolute atomic E-state index is 0.123. The highest BCUT2D eigenvalue weighted by Gasteiger charge is 2.13. The summed E-state index contributed by atoms with van der Waals surface area (Å²) in [5.41, 5.74) is 1.21. The molecule has 0 aliphatic heterocycles. The molecule has 5 nitrogen and oxygen atoms in total. The Bertz CT molecular complexity index is 647. The van der Waals surface area contributed by atoms with Gasteiger partial charge in [0.05, 0.1) is 12.3 Å². The molecule has 1 heterocycles. The van der Waals surface area contributed by atoms with Crippen molar-refractivity contribution >= 4 is 21.8 Å². The highest BCUT2D eigenvalue weighted by molar-refractivity contribution is 9.10. The average Bonchev–Trinajstić information content (AvgIpc) is 2.46. The predicted molar refractivity (Wildman–Crippen MR) is 79.1 cm³/mol. The highest BCUT2D eigenvalue weighted by Crippen LogP contribution is 2.24. The van der Waals surface area contributed by atoms with Crippen molar-refractivity contribution in [3.8, 4) is 11.3 Å². The lowest BCUT2D eigenvalue weighted by atomic mass is 10.1. The standard InChI is InChI=1S/C14H13BrFN3O2/c1-8(20)6-18-14(21)11-7-17-13(15)12(19-11)9-2-4-10(16)5-3-9/h2-5,7-8,20H,6H2,1H3,(H,18,21). The average molecular weight is 354 g/mol. The van der Waals surface area contributed by atoms with Gasteiger partial charge in [0.2, 0.25) is 0 Å². The van der Waals surface area contributed by atoms with Gasteiger partial charge in [0, 0.05) is 12.1 Å². The lowest BCUT2D eigenvalue weighted by molar-refractivity contribution is 0.0918. The van der Waals surface area contributed by atoms with Crippen molar-refractivity contribution in [3.63, 3.8) is 0 Å². The van der Waals surface area contributed by atoms with Crippen LogP contribution in [0, 0.1) is 5.82 Å². The lowest BCUT2D eigenvalue weighted by Gasteiger charge is -2.08. The number of amides is 1. The summed E-state index contributed by atoms with van der Waals surface area (Å²) in [6.45, 7) is 1.69. The molecular weight excluding hydrogens is 341 g/mol. The number of carbonyl (C=O) groups is 1. The molecule has 0 radical (unpaired) electrons. The summed E-state index contributed by atoms with van der Waals surface area (Å²) in [7, 11) is 0. The minimum atomic E-state index is -0.645. The van der Waals surface area contributed by atoms with Crippen LogP contribution in [0.4, 0.5) is 4.39 Å². The molecule has 0 saturated carbocycles. The normalized spacial score (nSPS) is 12.0. The van der Waals surface area contributed by atoms with Crippen molar-refractivity contribution in [2.45, 2.75) is 13.0 Å². The fraction of sp³-hybridized carbons (Fsp3) is 0.214. The molecule has 0 saturated heterocycles. The monoisotopic (exact) mass is 353 g/mol.